The van der Waals surface area contributed by atoms with Gasteiger partial charge in [0.1, 0.15) is 11.8 Å². The lowest BCUT2D eigenvalue weighted by molar-refractivity contribution is 0.399. The number of nitrogens with one attached hydrogen (secondary N) is 2. The minimum absolute atomic E-state index is 0.507. The first kappa shape index (κ1) is 11.1. The van der Waals surface area contributed by atoms with Crippen LogP contribution >= 0.6 is 0 Å². The van der Waals surface area contributed by atoms with Gasteiger partial charge in [-0.2, -0.15) is 5.26 Å². The van der Waals surface area contributed by atoms with Crippen molar-refractivity contribution >= 4 is 0 Å². The number of nitriles is 1. The Kier molecular flexibility index (Phi) is 3.86. The SMILES string of the molecule is N#Cc1cc(CCC2CNCCN2)ccn1. The molecule has 1 aromatic heterocycles. The third-order valence-electron chi connectivity index (χ3n) is 2.85. The lowest BCUT2D eigenvalue weighted by Gasteiger charge is -2.24. The molecule has 1 unspecified atom stereocenters. The average molecular weight is 216 g/mol. The van der Waals surface area contributed by atoms with Crippen LogP contribution in [-0.4, -0.2) is 30.7 Å². The first-order chi connectivity index (χ1) is 7.88. The van der Waals surface area contributed by atoms with Gasteiger partial charge in [0.15, 0.2) is 0 Å². The van der Waals surface area contributed by atoms with Crippen LogP contribution in [0.1, 0.15) is 17.7 Å². The summed E-state index contributed by atoms with van der Waals surface area (Å²) in [7, 11) is 0. The van der Waals surface area contributed by atoms with Gasteiger partial charge in [0.05, 0.1) is 0 Å². The highest BCUT2D eigenvalue weighted by Gasteiger charge is 2.11. The smallest absolute Gasteiger partial charge is 0.140 e. The second-order valence-electron chi connectivity index (χ2n) is 4.05. The van der Waals surface area contributed by atoms with E-state index in [1.165, 1.54) is 5.56 Å². The molecule has 2 rings (SSSR count). The maximum absolute atomic E-state index is 8.74. The summed E-state index contributed by atoms with van der Waals surface area (Å²) in [5, 5.41) is 15.6. The molecule has 1 aromatic rings. The molecule has 0 radical (unpaired) electrons. The highest BCUT2D eigenvalue weighted by Crippen LogP contribution is 2.06. The molecule has 2 N–H and O–H groups in total. The molecule has 0 amide bonds. The fraction of sp³-hybridized carbons (Fsp3) is 0.500. The summed E-state index contributed by atoms with van der Waals surface area (Å²) in [6.45, 7) is 3.14. The van der Waals surface area contributed by atoms with Crippen LogP contribution in [0.15, 0.2) is 18.3 Å². The van der Waals surface area contributed by atoms with E-state index in [-0.39, 0.29) is 0 Å². The van der Waals surface area contributed by atoms with Gasteiger partial charge < -0.3 is 10.6 Å². The monoisotopic (exact) mass is 216 g/mol. The summed E-state index contributed by atoms with van der Waals surface area (Å²) in [6.07, 6.45) is 3.80. The molecule has 1 fully saturated rings. The van der Waals surface area contributed by atoms with E-state index in [9.17, 15) is 0 Å². The summed E-state index contributed by atoms with van der Waals surface area (Å²) in [5.74, 6) is 0. The molecule has 4 nitrogen and oxygen atoms in total. The molecule has 84 valence electrons. The lowest BCUT2D eigenvalue weighted by atomic mass is 10.0. The van der Waals surface area contributed by atoms with E-state index in [2.05, 4.69) is 21.7 Å². The van der Waals surface area contributed by atoms with Gasteiger partial charge in [0.2, 0.25) is 0 Å². The number of aromatic nitrogens is 1. The predicted octanol–water partition coefficient (Wildman–Crippen LogP) is 0.447. The van der Waals surface area contributed by atoms with E-state index in [0.29, 0.717) is 11.7 Å². The van der Waals surface area contributed by atoms with Gasteiger partial charge >= 0.3 is 0 Å². The summed E-state index contributed by atoms with van der Waals surface area (Å²) in [6, 6.07) is 6.47. The maximum Gasteiger partial charge on any atom is 0.140 e. The molecule has 1 atom stereocenters. The third kappa shape index (κ3) is 3.02. The summed E-state index contributed by atoms with van der Waals surface area (Å²) in [5.41, 5.74) is 1.70. The van der Waals surface area contributed by atoms with E-state index in [0.717, 1.165) is 32.5 Å². The van der Waals surface area contributed by atoms with Crippen LogP contribution in [0.5, 0.6) is 0 Å². The Morgan fingerprint density at radius 2 is 2.44 bits per heavy atom. The molecule has 1 aliphatic heterocycles. The molecule has 0 aliphatic carbocycles. The van der Waals surface area contributed by atoms with Crippen LogP contribution in [0.2, 0.25) is 0 Å². The van der Waals surface area contributed by atoms with E-state index < -0.39 is 0 Å². The van der Waals surface area contributed by atoms with E-state index >= 15 is 0 Å². The van der Waals surface area contributed by atoms with Gasteiger partial charge in [0.25, 0.3) is 0 Å². The minimum Gasteiger partial charge on any atom is -0.314 e. The fourth-order valence-corrected chi connectivity index (χ4v) is 1.95. The molecule has 0 spiro atoms. The van der Waals surface area contributed by atoms with Crippen molar-refractivity contribution in [3.63, 3.8) is 0 Å². The Morgan fingerprint density at radius 3 is 3.19 bits per heavy atom. The van der Waals surface area contributed by atoms with Gasteiger partial charge in [0, 0.05) is 31.9 Å². The minimum atomic E-state index is 0.507. The van der Waals surface area contributed by atoms with E-state index in [1.807, 2.05) is 12.1 Å². The predicted molar refractivity (Wildman–Crippen MR) is 61.9 cm³/mol. The molecule has 0 aromatic carbocycles. The Balaban J connectivity index is 1.86. The molecule has 16 heavy (non-hydrogen) atoms. The standard InChI is InChI=1S/C12H16N4/c13-8-12-7-10(3-4-15-12)1-2-11-9-14-5-6-16-11/h3-4,7,11,14,16H,1-2,5-6,9H2. The molecule has 0 bridgehead atoms. The van der Waals surface area contributed by atoms with Crippen molar-refractivity contribution in [1.29, 1.82) is 5.26 Å². The zero-order valence-corrected chi connectivity index (χ0v) is 9.24. The van der Waals surface area contributed by atoms with Crippen molar-refractivity contribution in [3.8, 4) is 6.07 Å². The third-order valence-corrected chi connectivity index (χ3v) is 2.85. The van der Waals surface area contributed by atoms with Gasteiger partial charge in [-0.05, 0) is 30.5 Å². The Morgan fingerprint density at radius 1 is 1.50 bits per heavy atom. The van der Waals surface area contributed by atoms with Crippen molar-refractivity contribution in [3.05, 3.63) is 29.6 Å². The van der Waals surface area contributed by atoms with Gasteiger partial charge in [-0.3, -0.25) is 0 Å². The zero-order chi connectivity index (χ0) is 11.2. The van der Waals surface area contributed by atoms with Gasteiger partial charge in [-0.25, -0.2) is 4.98 Å². The first-order valence-corrected chi connectivity index (χ1v) is 5.67. The first-order valence-electron chi connectivity index (χ1n) is 5.67. The number of pyridine rings is 1. The highest BCUT2D eigenvalue weighted by atomic mass is 15.0. The van der Waals surface area contributed by atoms with E-state index in [1.54, 1.807) is 6.20 Å². The highest BCUT2D eigenvalue weighted by molar-refractivity contribution is 5.25. The number of rotatable bonds is 3. The quantitative estimate of drug-likeness (QED) is 0.770. The molecule has 2 heterocycles. The molecular weight excluding hydrogens is 200 g/mol. The van der Waals surface area contributed by atoms with Crippen molar-refractivity contribution in [1.82, 2.24) is 15.6 Å². The number of aryl methyl sites for hydroxylation is 1. The maximum atomic E-state index is 8.74. The summed E-state index contributed by atoms with van der Waals surface area (Å²) in [4.78, 5) is 3.96. The van der Waals surface area contributed by atoms with Crippen molar-refractivity contribution in [2.24, 2.45) is 0 Å². The molecule has 0 saturated carbocycles. The largest absolute Gasteiger partial charge is 0.314 e. The Bertz CT molecular complexity index is 377. The number of nitrogens with zero attached hydrogens (tertiary/aromatic N) is 2. The number of hydrogen-bond acceptors (Lipinski definition) is 4. The molecule has 1 saturated heterocycles. The van der Waals surface area contributed by atoms with Crippen molar-refractivity contribution in [2.45, 2.75) is 18.9 Å². The van der Waals surface area contributed by atoms with Gasteiger partial charge in [-0.1, -0.05) is 0 Å². The lowest BCUT2D eigenvalue weighted by Crippen LogP contribution is -2.48. The van der Waals surface area contributed by atoms with Crippen LogP contribution in [-0.2, 0) is 6.42 Å². The summed E-state index contributed by atoms with van der Waals surface area (Å²) < 4.78 is 0. The normalized spacial score (nSPS) is 20.3. The average Bonchev–Trinajstić information content (AvgIpc) is 2.38. The molecule has 4 heteroatoms. The summed E-state index contributed by atoms with van der Waals surface area (Å²) >= 11 is 0. The Labute approximate surface area is 95.7 Å². The zero-order valence-electron chi connectivity index (χ0n) is 9.24. The van der Waals surface area contributed by atoms with Crippen LogP contribution < -0.4 is 10.6 Å². The topological polar surface area (TPSA) is 60.7 Å². The second-order valence-corrected chi connectivity index (χ2v) is 4.05. The van der Waals surface area contributed by atoms with Crippen LogP contribution in [0.3, 0.4) is 0 Å². The molecule has 1 aliphatic rings. The number of piperazine rings is 1. The Hall–Kier alpha value is -1.44. The fourth-order valence-electron chi connectivity index (χ4n) is 1.95. The molecular formula is C12H16N4. The van der Waals surface area contributed by atoms with Crippen molar-refractivity contribution < 1.29 is 0 Å². The van der Waals surface area contributed by atoms with Crippen LogP contribution in [0.4, 0.5) is 0 Å². The van der Waals surface area contributed by atoms with Gasteiger partial charge in [-0.15, -0.1) is 0 Å². The van der Waals surface area contributed by atoms with Crippen LogP contribution in [0, 0.1) is 11.3 Å². The second kappa shape index (κ2) is 5.59. The number of hydrogen-bond donors (Lipinski definition) is 2. The van der Waals surface area contributed by atoms with Crippen molar-refractivity contribution in [2.75, 3.05) is 19.6 Å². The van der Waals surface area contributed by atoms with Crippen LogP contribution in [0.25, 0.3) is 0 Å². The van der Waals surface area contributed by atoms with E-state index in [4.69, 9.17) is 5.26 Å².